The molecule has 1 rings (SSSR count). The zero-order valence-corrected chi connectivity index (χ0v) is 9.42. The first-order valence-corrected chi connectivity index (χ1v) is 5.49. The van der Waals surface area contributed by atoms with Crippen molar-refractivity contribution in [1.29, 1.82) is 0 Å². The van der Waals surface area contributed by atoms with Crippen LogP contribution in [0.5, 0.6) is 0 Å². The molecule has 0 aliphatic heterocycles. The summed E-state index contributed by atoms with van der Waals surface area (Å²) in [7, 11) is 0. The molecule has 0 unspecified atom stereocenters. The molecule has 1 amide bonds. The van der Waals surface area contributed by atoms with Crippen LogP contribution in [0.15, 0.2) is 24.3 Å². The third-order valence-electron chi connectivity index (χ3n) is 2.17. The van der Waals surface area contributed by atoms with Gasteiger partial charge in [-0.25, -0.2) is 4.39 Å². The van der Waals surface area contributed by atoms with Gasteiger partial charge in [-0.05, 0) is 18.6 Å². The van der Waals surface area contributed by atoms with E-state index in [9.17, 15) is 9.18 Å². The molecule has 0 saturated heterocycles. The van der Waals surface area contributed by atoms with E-state index in [2.05, 4.69) is 17.6 Å². The summed E-state index contributed by atoms with van der Waals surface area (Å²) < 4.78 is 13.2. The van der Waals surface area contributed by atoms with Crippen LogP contribution in [-0.4, -0.2) is 19.0 Å². The molecular weight excluding hydrogens is 207 g/mol. The number of carbonyl (C=O) groups excluding carboxylic acids is 1. The summed E-state index contributed by atoms with van der Waals surface area (Å²) in [6, 6.07) is 6.30. The number of nitrogens with one attached hydrogen (secondary N) is 2. The van der Waals surface area contributed by atoms with Gasteiger partial charge in [-0.1, -0.05) is 25.5 Å². The SMILES string of the molecule is CCCCNC(=O)CNc1ccccc1F. The highest BCUT2D eigenvalue weighted by Gasteiger charge is 2.02. The van der Waals surface area contributed by atoms with Gasteiger partial charge in [0.2, 0.25) is 5.91 Å². The Kier molecular flexibility index (Phi) is 5.32. The maximum atomic E-state index is 13.2. The molecule has 16 heavy (non-hydrogen) atoms. The van der Waals surface area contributed by atoms with Crippen molar-refractivity contribution in [2.45, 2.75) is 19.8 Å². The van der Waals surface area contributed by atoms with E-state index in [-0.39, 0.29) is 18.3 Å². The zero-order valence-electron chi connectivity index (χ0n) is 9.42. The van der Waals surface area contributed by atoms with E-state index in [1.54, 1.807) is 18.2 Å². The number of carbonyl (C=O) groups is 1. The molecule has 1 aromatic carbocycles. The minimum Gasteiger partial charge on any atom is -0.374 e. The number of hydrogen-bond acceptors (Lipinski definition) is 2. The van der Waals surface area contributed by atoms with E-state index >= 15 is 0 Å². The number of anilines is 1. The molecule has 4 heteroatoms. The summed E-state index contributed by atoms with van der Waals surface area (Å²) in [6.07, 6.45) is 2.01. The van der Waals surface area contributed by atoms with Gasteiger partial charge in [-0.2, -0.15) is 0 Å². The van der Waals surface area contributed by atoms with Crippen LogP contribution in [-0.2, 0) is 4.79 Å². The number of amides is 1. The number of halogens is 1. The molecule has 0 aromatic heterocycles. The lowest BCUT2D eigenvalue weighted by molar-refractivity contribution is -0.119. The molecule has 0 bridgehead atoms. The van der Waals surface area contributed by atoms with Gasteiger partial charge in [0.25, 0.3) is 0 Å². The highest BCUT2D eigenvalue weighted by molar-refractivity contribution is 5.80. The van der Waals surface area contributed by atoms with Crippen LogP contribution < -0.4 is 10.6 Å². The summed E-state index contributed by atoms with van der Waals surface area (Å²) in [6.45, 7) is 2.84. The fourth-order valence-corrected chi connectivity index (χ4v) is 1.25. The summed E-state index contributed by atoms with van der Waals surface area (Å²) in [5, 5.41) is 5.50. The third kappa shape index (κ3) is 4.29. The quantitative estimate of drug-likeness (QED) is 0.727. The van der Waals surface area contributed by atoms with Gasteiger partial charge >= 0.3 is 0 Å². The van der Waals surface area contributed by atoms with E-state index in [1.165, 1.54) is 6.07 Å². The molecule has 88 valence electrons. The monoisotopic (exact) mass is 224 g/mol. The highest BCUT2D eigenvalue weighted by atomic mass is 19.1. The topological polar surface area (TPSA) is 41.1 Å². The van der Waals surface area contributed by atoms with Crippen molar-refractivity contribution < 1.29 is 9.18 Å². The maximum absolute atomic E-state index is 13.2. The van der Waals surface area contributed by atoms with Gasteiger partial charge in [0.1, 0.15) is 5.82 Å². The smallest absolute Gasteiger partial charge is 0.239 e. The molecule has 0 heterocycles. The molecule has 0 spiro atoms. The molecule has 0 atom stereocenters. The lowest BCUT2D eigenvalue weighted by atomic mass is 10.3. The first-order chi connectivity index (χ1) is 7.74. The Morgan fingerprint density at radius 1 is 1.38 bits per heavy atom. The minimum absolute atomic E-state index is 0.102. The summed E-state index contributed by atoms with van der Waals surface area (Å²) >= 11 is 0. The van der Waals surface area contributed by atoms with E-state index < -0.39 is 0 Å². The molecule has 1 aromatic rings. The molecule has 3 nitrogen and oxygen atoms in total. The van der Waals surface area contributed by atoms with Crippen LogP contribution in [0.4, 0.5) is 10.1 Å². The number of rotatable bonds is 6. The van der Waals surface area contributed by atoms with Crippen LogP contribution in [0, 0.1) is 5.82 Å². The fourth-order valence-electron chi connectivity index (χ4n) is 1.25. The van der Waals surface area contributed by atoms with E-state index in [0.29, 0.717) is 12.2 Å². The Hall–Kier alpha value is -1.58. The van der Waals surface area contributed by atoms with Crippen molar-refractivity contribution in [3.63, 3.8) is 0 Å². The summed E-state index contributed by atoms with van der Waals surface area (Å²) in [5.74, 6) is -0.458. The van der Waals surface area contributed by atoms with Crippen molar-refractivity contribution in [2.75, 3.05) is 18.4 Å². The second-order valence-corrected chi connectivity index (χ2v) is 3.54. The average molecular weight is 224 g/mol. The maximum Gasteiger partial charge on any atom is 0.239 e. The van der Waals surface area contributed by atoms with Crippen LogP contribution in [0.25, 0.3) is 0 Å². The minimum atomic E-state index is -0.344. The Labute approximate surface area is 95.0 Å². The van der Waals surface area contributed by atoms with E-state index in [4.69, 9.17) is 0 Å². The van der Waals surface area contributed by atoms with Crippen LogP contribution >= 0.6 is 0 Å². The van der Waals surface area contributed by atoms with Crippen LogP contribution in [0.3, 0.4) is 0 Å². The number of benzene rings is 1. The highest BCUT2D eigenvalue weighted by Crippen LogP contribution is 2.11. The molecular formula is C12H17FN2O. The molecule has 0 aliphatic rings. The van der Waals surface area contributed by atoms with Gasteiger partial charge in [-0.3, -0.25) is 4.79 Å². The standard InChI is InChI=1S/C12H17FN2O/c1-2-3-8-14-12(16)9-15-11-7-5-4-6-10(11)13/h4-7,15H,2-3,8-9H2,1H3,(H,14,16). The first-order valence-electron chi connectivity index (χ1n) is 5.49. The summed E-state index contributed by atoms with van der Waals surface area (Å²) in [5.41, 5.74) is 0.355. The molecule has 2 N–H and O–H groups in total. The Bertz CT molecular complexity index is 342. The molecule has 0 fully saturated rings. The normalized spacial score (nSPS) is 9.88. The Balaban J connectivity index is 2.29. The van der Waals surface area contributed by atoms with Crippen molar-refractivity contribution >= 4 is 11.6 Å². The van der Waals surface area contributed by atoms with Crippen molar-refractivity contribution in [1.82, 2.24) is 5.32 Å². The van der Waals surface area contributed by atoms with E-state index in [0.717, 1.165) is 12.8 Å². The van der Waals surface area contributed by atoms with Gasteiger partial charge in [-0.15, -0.1) is 0 Å². The summed E-state index contributed by atoms with van der Waals surface area (Å²) in [4.78, 5) is 11.3. The Morgan fingerprint density at radius 2 is 2.12 bits per heavy atom. The lowest BCUT2D eigenvalue weighted by Gasteiger charge is -2.07. The Morgan fingerprint density at radius 3 is 2.81 bits per heavy atom. The van der Waals surface area contributed by atoms with Crippen molar-refractivity contribution in [3.05, 3.63) is 30.1 Å². The zero-order chi connectivity index (χ0) is 11.8. The van der Waals surface area contributed by atoms with E-state index in [1.807, 2.05) is 0 Å². The van der Waals surface area contributed by atoms with Gasteiger partial charge in [0, 0.05) is 6.54 Å². The third-order valence-corrected chi connectivity index (χ3v) is 2.17. The van der Waals surface area contributed by atoms with Gasteiger partial charge < -0.3 is 10.6 Å². The second-order valence-electron chi connectivity index (χ2n) is 3.54. The molecule has 0 aliphatic carbocycles. The first kappa shape index (κ1) is 12.5. The number of para-hydroxylation sites is 1. The second kappa shape index (κ2) is 6.82. The predicted molar refractivity (Wildman–Crippen MR) is 62.8 cm³/mol. The van der Waals surface area contributed by atoms with Gasteiger partial charge in [0.15, 0.2) is 0 Å². The average Bonchev–Trinajstić information content (AvgIpc) is 2.28. The fraction of sp³-hybridized carbons (Fsp3) is 0.417. The predicted octanol–water partition coefficient (Wildman–Crippen LogP) is 2.15. The van der Waals surface area contributed by atoms with Crippen LogP contribution in [0.2, 0.25) is 0 Å². The van der Waals surface area contributed by atoms with Crippen molar-refractivity contribution in [2.24, 2.45) is 0 Å². The van der Waals surface area contributed by atoms with Crippen molar-refractivity contribution in [3.8, 4) is 0 Å². The largest absolute Gasteiger partial charge is 0.374 e. The van der Waals surface area contributed by atoms with Gasteiger partial charge in [0.05, 0.1) is 12.2 Å². The molecule has 0 saturated carbocycles. The van der Waals surface area contributed by atoms with Crippen LogP contribution in [0.1, 0.15) is 19.8 Å². The molecule has 0 radical (unpaired) electrons. The lowest BCUT2D eigenvalue weighted by Crippen LogP contribution is -2.30. The number of unbranched alkanes of at least 4 members (excludes halogenated alkanes) is 1. The number of hydrogen-bond donors (Lipinski definition) is 2.